The average Bonchev–Trinajstić information content (AvgIpc) is 3.38. The predicted molar refractivity (Wildman–Crippen MR) is 100 cm³/mol. The molecule has 3 aromatic heterocycles. The Labute approximate surface area is 158 Å². The normalized spacial score (nSPS) is 10.8. The van der Waals surface area contributed by atoms with E-state index in [4.69, 9.17) is 4.42 Å². The highest BCUT2D eigenvalue weighted by molar-refractivity contribution is 5.61. The minimum absolute atomic E-state index is 0.00997. The maximum Gasteiger partial charge on any atom is 0.270 e. The van der Waals surface area contributed by atoms with Crippen molar-refractivity contribution in [3.05, 3.63) is 70.4 Å². The molecule has 0 bridgehead atoms. The van der Waals surface area contributed by atoms with Gasteiger partial charge in [0.05, 0.1) is 17.7 Å². The minimum atomic E-state index is -0.445. The summed E-state index contributed by atoms with van der Waals surface area (Å²) in [6, 6.07) is 11.5. The lowest BCUT2D eigenvalue weighted by atomic mass is 10.2. The number of aryl methyl sites for hydroxylation is 1. The Bertz CT molecular complexity index is 1120. The zero-order valence-corrected chi connectivity index (χ0v) is 14.8. The highest BCUT2D eigenvalue weighted by Gasteiger charge is 2.12. The van der Waals surface area contributed by atoms with Crippen LogP contribution in [0.2, 0.25) is 0 Å². The molecule has 2 N–H and O–H groups in total. The summed E-state index contributed by atoms with van der Waals surface area (Å²) in [5, 5.41) is 21.1. The summed E-state index contributed by atoms with van der Waals surface area (Å²) in [4.78, 5) is 23.7. The number of hydrogen-bond acceptors (Lipinski definition) is 8. The smallest absolute Gasteiger partial charge is 0.270 e. The van der Waals surface area contributed by atoms with Crippen LogP contribution in [0.4, 0.5) is 11.5 Å². The molecule has 0 saturated heterocycles. The number of H-pyrrole nitrogens is 1. The molecule has 1 aromatic carbocycles. The number of benzene rings is 1. The zero-order chi connectivity index (χ0) is 19.5. The van der Waals surface area contributed by atoms with Crippen LogP contribution in [-0.2, 0) is 6.54 Å². The van der Waals surface area contributed by atoms with Crippen molar-refractivity contribution >= 4 is 11.5 Å². The molecule has 0 aliphatic carbocycles. The van der Waals surface area contributed by atoms with E-state index < -0.39 is 4.92 Å². The van der Waals surface area contributed by atoms with E-state index in [1.54, 1.807) is 36.6 Å². The molecule has 0 spiro atoms. The Balaban J connectivity index is 1.53. The van der Waals surface area contributed by atoms with E-state index in [1.807, 2.05) is 6.92 Å². The van der Waals surface area contributed by atoms with Gasteiger partial charge in [0, 0.05) is 29.5 Å². The molecule has 10 nitrogen and oxygen atoms in total. The standard InChI is InChI=1S/C18H15N7O3/c1-11-8-15(19-10-16-22-18(24-23-16)14-6-3-7-28-14)21-17(20-11)12-4-2-5-13(9-12)25(26)27/h2-9H,10H2,1H3,(H,19,20,21)(H,22,23,24). The highest BCUT2D eigenvalue weighted by atomic mass is 16.6. The Hall–Kier alpha value is -4.08. The monoisotopic (exact) mass is 377 g/mol. The van der Waals surface area contributed by atoms with Crippen LogP contribution in [0.15, 0.2) is 53.1 Å². The van der Waals surface area contributed by atoms with Gasteiger partial charge in [-0.3, -0.25) is 15.2 Å². The molecule has 0 amide bonds. The van der Waals surface area contributed by atoms with Crippen molar-refractivity contribution in [2.24, 2.45) is 0 Å². The first kappa shape index (κ1) is 17.3. The number of nitrogens with zero attached hydrogens (tertiary/aromatic N) is 5. The van der Waals surface area contributed by atoms with Crippen LogP contribution < -0.4 is 5.32 Å². The van der Waals surface area contributed by atoms with Crippen LogP contribution in [0.5, 0.6) is 0 Å². The van der Waals surface area contributed by atoms with Gasteiger partial charge >= 0.3 is 0 Å². The Morgan fingerprint density at radius 1 is 1.14 bits per heavy atom. The number of nitrogens with one attached hydrogen (secondary N) is 2. The van der Waals surface area contributed by atoms with Gasteiger partial charge in [-0.15, -0.1) is 5.10 Å². The highest BCUT2D eigenvalue weighted by Crippen LogP contribution is 2.22. The van der Waals surface area contributed by atoms with Gasteiger partial charge in [0.2, 0.25) is 5.82 Å². The molecule has 0 aliphatic heterocycles. The van der Waals surface area contributed by atoms with Crippen molar-refractivity contribution in [3.8, 4) is 23.0 Å². The Morgan fingerprint density at radius 3 is 2.82 bits per heavy atom. The average molecular weight is 377 g/mol. The van der Waals surface area contributed by atoms with Crippen molar-refractivity contribution in [2.45, 2.75) is 13.5 Å². The third-order valence-corrected chi connectivity index (χ3v) is 3.88. The summed E-state index contributed by atoms with van der Waals surface area (Å²) >= 11 is 0. The maximum atomic E-state index is 11.0. The van der Waals surface area contributed by atoms with Gasteiger partial charge in [-0.25, -0.2) is 15.0 Å². The van der Waals surface area contributed by atoms with E-state index in [0.717, 1.165) is 5.69 Å². The van der Waals surface area contributed by atoms with Crippen molar-refractivity contribution in [2.75, 3.05) is 5.32 Å². The van der Waals surface area contributed by atoms with Crippen molar-refractivity contribution in [3.63, 3.8) is 0 Å². The van der Waals surface area contributed by atoms with Gasteiger partial charge in [0.15, 0.2) is 11.6 Å². The summed E-state index contributed by atoms with van der Waals surface area (Å²) in [6.07, 6.45) is 1.56. The lowest BCUT2D eigenvalue weighted by molar-refractivity contribution is -0.384. The minimum Gasteiger partial charge on any atom is -0.461 e. The summed E-state index contributed by atoms with van der Waals surface area (Å²) in [6.45, 7) is 2.19. The Kier molecular flexibility index (Phi) is 4.50. The fraction of sp³-hybridized carbons (Fsp3) is 0.111. The SMILES string of the molecule is Cc1cc(NCc2nc(-c3ccco3)n[nH]2)nc(-c2cccc([N+](=O)[O-])c2)n1. The van der Waals surface area contributed by atoms with Crippen LogP contribution in [0.3, 0.4) is 0 Å². The fourth-order valence-corrected chi connectivity index (χ4v) is 2.61. The van der Waals surface area contributed by atoms with E-state index in [2.05, 4.69) is 30.5 Å². The number of furan rings is 1. The molecule has 0 atom stereocenters. The van der Waals surface area contributed by atoms with E-state index in [0.29, 0.717) is 41.2 Å². The molecular formula is C18H15N7O3. The number of hydrogen-bond donors (Lipinski definition) is 2. The van der Waals surface area contributed by atoms with Gasteiger partial charge < -0.3 is 9.73 Å². The summed E-state index contributed by atoms with van der Waals surface area (Å²) in [7, 11) is 0. The molecule has 0 saturated carbocycles. The maximum absolute atomic E-state index is 11.0. The number of anilines is 1. The van der Waals surface area contributed by atoms with E-state index in [-0.39, 0.29) is 5.69 Å². The second-order valence-corrected chi connectivity index (χ2v) is 5.96. The number of aromatic amines is 1. The van der Waals surface area contributed by atoms with Gasteiger partial charge in [-0.05, 0) is 19.1 Å². The predicted octanol–water partition coefficient (Wildman–Crippen LogP) is 3.35. The second kappa shape index (κ2) is 7.27. The number of non-ortho nitro benzene ring substituents is 1. The van der Waals surface area contributed by atoms with Crippen LogP contribution in [-0.4, -0.2) is 30.1 Å². The number of rotatable bonds is 6. The zero-order valence-electron chi connectivity index (χ0n) is 14.8. The first-order chi connectivity index (χ1) is 13.6. The lowest BCUT2D eigenvalue weighted by Gasteiger charge is -2.07. The first-order valence-corrected chi connectivity index (χ1v) is 8.38. The molecule has 4 aromatic rings. The molecular weight excluding hydrogens is 362 g/mol. The molecule has 28 heavy (non-hydrogen) atoms. The largest absolute Gasteiger partial charge is 0.461 e. The van der Waals surface area contributed by atoms with E-state index >= 15 is 0 Å². The van der Waals surface area contributed by atoms with E-state index in [9.17, 15) is 10.1 Å². The van der Waals surface area contributed by atoms with Crippen molar-refractivity contribution < 1.29 is 9.34 Å². The Morgan fingerprint density at radius 2 is 2.04 bits per heavy atom. The molecule has 0 aliphatic rings. The third kappa shape index (κ3) is 3.70. The molecule has 0 unspecified atom stereocenters. The molecule has 0 radical (unpaired) electrons. The van der Waals surface area contributed by atoms with Gasteiger partial charge in [0.25, 0.3) is 5.69 Å². The summed E-state index contributed by atoms with van der Waals surface area (Å²) in [5.74, 6) is 2.64. The first-order valence-electron chi connectivity index (χ1n) is 8.38. The fourth-order valence-electron chi connectivity index (χ4n) is 2.61. The van der Waals surface area contributed by atoms with Crippen molar-refractivity contribution in [1.29, 1.82) is 0 Å². The van der Waals surface area contributed by atoms with Crippen LogP contribution in [0, 0.1) is 17.0 Å². The summed E-state index contributed by atoms with van der Waals surface area (Å²) in [5.41, 5.74) is 1.29. The third-order valence-electron chi connectivity index (χ3n) is 3.88. The topological polar surface area (TPSA) is 136 Å². The van der Waals surface area contributed by atoms with Crippen LogP contribution in [0.1, 0.15) is 11.5 Å². The van der Waals surface area contributed by atoms with Gasteiger partial charge in [-0.1, -0.05) is 12.1 Å². The molecule has 4 rings (SSSR count). The number of nitro groups is 1. The van der Waals surface area contributed by atoms with Crippen LogP contribution in [0.25, 0.3) is 23.0 Å². The van der Waals surface area contributed by atoms with Crippen LogP contribution >= 0.6 is 0 Å². The quantitative estimate of drug-likeness (QED) is 0.386. The molecule has 140 valence electrons. The van der Waals surface area contributed by atoms with Gasteiger partial charge in [-0.2, -0.15) is 0 Å². The van der Waals surface area contributed by atoms with E-state index in [1.165, 1.54) is 12.1 Å². The lowest BCUT2D eigenvalue weighted by Crippen LogP contribution is -2.05. The van der Waals surface area contributed by atoms with Crippen molar-refractivity contribution in [1.82, 2.24) is 25.1 Å². The molecule has 10 heteroatoms. The summed E-state index contributed by atoms with van der Waals surface area (Å²) < 4.78 is 5.27. The van der Waals surface area contributed by atoms with Gasteiger partial charge in [0.1, 0.15) is 11.6 Å². The second-order valence-electron chi connectivity index (χ2n) is 5.96. The number of aromatic nitrogens is 5. The number of nitro benzene ring substituents is 1. The molecule has 3 heterocycles. The molecule has 0 fully saturated rings.